The number of hydrogen-bond acceptors (Lipinski definition) is 5. The Bertz CT molecular complexity index is 880. The summed E-state index contributed by atoms with van der Waals surface area (Å²) in [4.78, 5) is 17.8. The number of carbonyl (C=O) groups excluding carboxylic acids is 1. The molecule has 32 heavy (non-hydrogen) atoms. The van der Waals surface area contributed by atoms with E-state index in [-0.39, 0.29) is 17.9 Å². The van der Waals surface area contributed by atoms with Crippen LogP contribution in [-0.4, -0.2) is 59.8 Å². The molecule has 3 heterocycles. The summed E-state index contributed by atoms with van der Waals surface area (Å²) in [6.45, 7) is 11.6. The molecule has 4 rings (SSSR count). The Morgan fingerprint density at radius 3 is 2.62 bits per heavy atom. The predicted octanol–water partition coefficient (Wildman–Crippen LogP) is 4.64. The fourth-order valence-corrected chi connectivity index (χ4v) is 4.77. The minimum Gasteiger partial charge on any atom is -0.376 e. The molecule has 0 saturated carbocycles. The lowest BCUT2D eigenvalue weighted by atomic mass is 9.95. The fraction of sp³-hybridized carbons (Fsp3) is 0.615. The Labute approximate surface area is 191 Å². The standard InChI is InChI=1S/C26H37N3O3/c1-19(2)25-15-24(27-32-25)26(30)29(18-23-9-6-14-31-23)16-21-10-12-28(13-11-21)17-22-8-5-4-7-20(22)3/h4-5,7-8,15,19,21,23H,6,9-14,16-18H2,1-3H3. The van der Waals surface area contributed by atoms with Crippen molar-refractivity contribution in [2.45, 2.75) is 65.0 Å². The lowest BCUT2D eigenvalue weighted by Gasteiger charge is -2.35. The van der Waals surface area contributed by atoms with Gasteiger partial charge in [-0.05, 0) is 62.7 Å². The zero-order valence-electron chi connectivity index (χ0n) is 19.8. The van der Waals surface area contributed by atoms with Gasteiger partial charge in [-0.15, -0.1) is 0 Å². The highest BCUT2D eigenvalue weighted by atomic mass is 16.5. The van der Waals surface area contributed by atoms with Crippen molar-refractivity contribution in [3.05, 3.63) is 52.9 Å². The summed E-state index contributed by atoms with van der Waals surface area (Å²) in [6.07, 6.45) is 4.45. The molecule has 0 N–H and O–H groups in total. The first-order valence-corrected chi connectivity index (χ1v) is 12.1. The molecule has 1 aromatic heterocycles. The maximum atomic E-state index is 13.3. The smallest absolute Gasteiger partial charge is 0.276 e. The highest BCUT2D eigenvalue weighted by Gasteiger charge is 2.29. The lowest BCUT2D eigenvalue weighted by molar-refractivity contribution is 0.0437. The molecular weight excluding hydrogens is 402 g/mol. The van der Waals surface area contributed by atoms with Crippen LogP contribution < -0.4 is 0 Å². The Balaban J connectivity index is 1.36. The summed E-state index contributed by atoms with van der Waals surface area (Å²) in [5.41, 5.74) is 3.19. The first kappa shape index (κ1) is 23.0. The van der Waals surface area contributed by atoms with Gasteiger partial charge < -0.3 is 14.2 Å². The topological polar surface area (TPSA) is 58.8 Å². The van der Waals surface area contributed by atoms with Gasteiger partial charge in [-0.2, -0.15) is 0 Å². The van der Waals surface area contributed by atoms with E-state index in [0.717, 1.165) is 64.2 Å². The van der Waals surface area contributed by atoms with Gasteiger partial charge in [0.1, 0.15) is 5.76 Å². The number of benzene rings is 1. The number of hydrogen-bond donors (Lipinski definition) is 0. The average Bonchev–Trinajstić information content (AvgIpc) is 3.48. The van der Waals surface area contributed by atoms with Crippen LogP contribution in [0, 0.1) is 12.8 Å². The first-order valence-electron chi connectivity index (χ1n) is 12.1. The first-order chi connectivity index (χ1) is 15.5. The molecule has 0 aliphatic carbocycles. The third-order valence-corrected chi connectivity index (χ3v) is 6.89. The van der Waals surface area contributed by atoms with Crippen LogP contribution in [0.4, 0.5) is 0 Å². The van der Waals surface area contributed by atoms with Crippen LogP contribution in [0.1, 0.15) is 72.8 Å². The Kier molecular flexibility index (Phi) is 7.63. The zero-order valence-corrected chi connectivity index (χ0v) is 19.8. The number of carbonyl (C=O) groups is 1. The van der Waals surface area contributed by atoms with Crippen molar-refractivity contribution in [3.63, 3.8) is 0 Å². The number of aryl methyl sites for hydroxylation is 1. The van der Waals surface area contributed by atoms with Crippen LogP contribution in [0.2, 0.25) is 0 Å². The number of aromatic nitrogens is 1. The highest BCUT2D eigenvalue weighted by Crippen LogP contribution is 2.24. The van der Waals surface area contributed by atoms with Gasteiger partial charge in [0.05, 0.1) is 6.10 Å². The molecule has 2 aliphatic rings. The maximum absolute atomic E-state index is 13.3. The van der Waals surface area contributed by atoms with Gasteiger partial charge in [0.2, 0.25) is 0 Å². The fourth-order valence-electron chi connectivity index (χ4n) is 4.77. The van der Waals surface area contributed by atoms with Gasteiger partial charge in [-0.25, -0.2) is 0 Å². The number of amides is 1. The van der Waals surface area contributed by atoms with Crippen molar-refractivity contribution >= 4 is 5.91 Å². The van der Waals surface area contributed by atoms with Gasteiger partial charge in [0.15, 0.2) is 5.69 Å². The summed E-state index contributed by atoms with van der Waals surface area (Å²) in [6, 6.07) is 10.4. The van der Waals surface area contributed by atoms with E-state index >= 15 is 0 Å². The normalized spacial score (nSPS) is 20.2. The molecule has 2 saturated heterocycles. The number of nitrogens with zero attached hydrogens (tertiary/aromatic N) is 3. The van der Waals surface area contributed by atoms with E-state index in [4.69, 9.17) is 9.26 Å². The number of rotatable bonds is 8. The molecular formula is C26H37N3O3. The third-order valence-electron chi connectivity index (χ3n) is 6.89. The van der Waals surface area contributed by atoms with Crippen molar-refractivity contribution in [1.29, 1.82) is 0 Å². The monoisotopic (exact) mass is 439 g/mol. The van der Waals surface area contributed by atoms with Gasteiger partial charge in [-0.1, -0.05) is 43.3 Å². The van der Waals surface area contributed by atoms with Crippen molar-refractivity contribution < 1.29 is 14.1 Å². The third kappa shape index (κ3) is 5.78. The van der Waals surface area contributed by atoms with Crippen molar-refractivity contribution in [2.75, 3.05) is 32.8 Å². The van der Waals surface area contributed by atoms with E-state index in [9.17, 15) is 4.79 Å². The van der Waals surface area contributed by atoms with Crippen LogP contribution >= 0.6 is 0 Å². The molecule has 2 aliphatic heterocycles. The quantitative estimate of drug-likeness (QED) is 0.600. The molecule has 2 fully saturated rings. The number of likely N-dealkylation sites (tertiary alicyclic amines) is 1. The molecule has 6 nitrogen and oxygen atoms in total. The zero-order chi connectivity index (χ0) is 22.5. The van der Waals surface area contributed by atoms with Crippen LogP contribution in [-0.2, 0) is 11.3 Å². The van der Waals surface area contributed by atoms with Gasteiger partial charge >= 0.3 is 0 Å². The maximum Gasteiger partial charge on any atom is 0.276 e. The van der Waals surface area contributed by atoms with E-state index in [0.29, 0.717) is 18.2 Å². The Hall–Kier alpha value is -2.18. The predicted molar refractivity (Wildman–Crippen MR) is 125 cm³/mol. The number of piperidine rings is 1. The van der Waals surface area contributed by atoms with Gasteiger partial charge in [-0.3, -0.25) is 9.69 Å². The largest absolute Gasteiger partial charge is 0.376 e. The number of ether oxygens (including phenoxy) is 1. The highest BCUT2D eigenvalue weighted by molar-refractivity contribution is 5.92. The minimum absolute atomic E-state index is 0.0292. The molecule has 2 aromatic rings. The van der Waals surface area contributed by atoms with Crippen molar-refractivity contribution in [3.8, 4) is 0 Å². The van der Waals surface area contributed by atoms with Crippen LogP contribution in [0.25, 0.3) is 0 Å². The second-order valence-corrected chi connectivity index (χ2v) is 9.76. The molecule has 1 atom stereocenters. The van der Waals surface area contributed by atoms with Crippen molar-refractivity contribution in [2.24, 2.45) is 5.92 Å². The van der Waals surface area contributed by atoms with Gasteiger partial charge in [0, 0.05) is 38.2 Å². The van der Waals surface area contributed by atoms with E-state index in [1.165, 1.54) is 11.1 Å². The summed E-state index contributed by atoms with van der Waals surface area (Å²) >= 11 is 0. The molecule has 0 radical (unpaired) electrons. The second-order valence-electron chi connectivity index (χ2n) is 9.76. The molecule has 1 unspecified atom stereocenters. The van der Waals surface area contributed by atoms with Crippen molar-refractivity contribution in [1.82, 2.24) is 15.0 Å². The second kappa shape index (κ2) is 10.6. The summed E-state index contributed by atoms with van der Waals surface area (Å²) < 4.78 is 11.3. The molecule has 0 spiro atoms. The lowest BCUT2D eigenvalue weighted by Crippen LogP contribution is -2.43. The Morgan fingerprint density at radius 1 is 1.19 bits per heavy atom. The summed E-state index contributed by atoms with van der Waals surface area (Å²) in [7, 11) is 0. The van der Waals surface area contributed by atoms with E-state index in [2.05, 4.69) is 41.2 Å². The molecule has 174 valence electrons. The van der Waals surface area contributed by atoms with E-state index in [1.54, 1.807) is 6.07 Å². The molecule has 0 bridgehead atoms. The average molecular weight is 440 g/mol. The van der Waals surface area contributed by atoms with Crippen LogP contribution in [0.5, 0.6) is 0 Å². The molecule has 6 heteroatoms. The summed E-state index contributed by atoms with van der Waals surface area (Å²) in [5, 5.41) is 4.08. The molecule has 1 amide bonds. The van der Waals surface area contributed by atoms with Crippen LogP contribution in [0.3, 0.4) is 0 Å². The van der Waals surface area contributed by atoms with E-state index < -0.39 is 0 Å². The Morgan fingerprint density at radius 2 is 1.97 bits per heavy atom. The van der Waals surface area contributed by atoms with E-state index in [1.807, 2.05) is 18.7 Å². The SMILES string of the molecule is Cc1ccccc1CN1CCC(CN(CC2CCCO2)C(=O)c2cc(C(C)C)on2)CC1. The molecule has 1 aromatic carbocycles. The minimum atomic E-state index is -0.0292. The van der Waals surface area contributed by atoms with Gasteiger partial charge in [0.25, 0.3) is 5.91 Å². The summed E-state index contributed by atoms with van der Waals surface area (Å²) in [5.74, 6) is 1.45. The van der Waals surface area contributed by atoms with Crippen LogP contribution in [0.15, 0.2) is 34.9 Å².